The smallest absolute Gasteiger partial charge is 0.229 e. The molecule has 1 aliphatic rings. The van der Waals surface area contributed by atoms with Crippen molar-refractivity contribution in [3.05, 3.63) is 35.9 Å². The highest BCUT2D eigenvalue weighted by Crippen LogP contribution is 2.31. The van der Waals surface area contributed by atoms with E-state index in [1.54, 1.807) is 18.7 Å². The summed E-state index contributed by atoms with van der Waals surface area (Å²) in [5.41, 5.74) is 0.461. The van der Waals surface area contributed by atoms with E-state index < -0.39 is 15.7 Å². The Morgan fingerprint density at radius 2 is 1.85 bits per heavy atom. The quantitative estimate of drug-likeness (QED) is 0.551. The summed E-state index contributed by atoms with van der Waals surface area (Å²) in [6.45, 7) is 5.93. The van der Waals surface area contributed by atoms with Crippen molar-refractivity contribution < 1.29 is 31.9 Å². The van der Waals surface area contributed by atoms with E-state index in [1.165, 1.54) is 25.4 Å². The van der Waals surface area contributed by atoms with Crippen molar-refractivity contribution in [1.29, 1.82) is 0 Å². The van der Waals surface area contributed by atoms with Crippen molar-refractivity contribution in [3.8, 4) is 17.5 Å². The zero-order valence-electron chi connectivity index (χ0n) is 19.6. The minimum absolute atomic E-state index is 0.0115. The first-order valence-electron chi connectivity index (χ1n) is 10.9. The number of sulfone groups is 1. The molecule has 1 aliphatic heterocycles. The lowest BCUT2D eigenvalue weighted by molar-refractivity contribution is -0.138. The van der Waals surface area contributed by atoms with Gasteiger partial charge >= 0.3 is 0 Å². The number of nitrogens with zero attached hydrogens (tertiary/aromatic N) is 3. The van der Waals surface area contributed by atoms with Gasteiger partial charge in [0.15, 0.2) is 21.4 Å². The van der Waals surface area contributed by atoms with Crippen molar-refractivity contribution in [2.45, 2.75) is 51.0 Å². The van der Waals surface area contributed by atoms with E-state index in [2.05, 4.69) is 9.97 Å². The lowest BCUT2D eigenvalue weighted by atomic mass is 10.0. The van der Waals surface area contributed by atoms with Gasteiger partial charge in [-0.25, -0.2) is 22.8 Å². The van der Waals surface area contributed by atoms with Crippen LogP contribution in [0.15, 0.2) is 29.4 Å². The zero-order chi connectivity index (χ0) is 25.0. The second-order valence-corrected chi connectivity index (χ2v) is 10.5. The predicted molar refractivity (Wildman–Crippen MR) is 121 cm³/mol. The number of ether oxygens (including phenoxy) is 2. The Kier molecular flexibility index (Phi) is 7.86. The third-order valence-corrected chi connectivity index (χ3v) is 6.69. The molecule has 1 fully saturated rings. The number of carbonyl (C=O) groups is 2. The number of amides is 1. The van der Waals surface area contributed by atoms with Crippen molar-refractivity contribution in [2.24, 2.45) is 5.92 Å². The maximum atomic E-state index is 14.4. The monoisotopic (exact) mass is 493 g/mol. The Balaban J connectivity index is 1.64. The SMILES string of the molecule is CC(=O)C[C@@H](C)C(=O)N1CCC(Oc2ncnc(Oc3ccc(S(C)(=O)=O)cc3F)c2C)CC1. The fourth-order valence-corrected chi connectivity index (χ4v) is 4.35. The number of halogens is 1. The molecule has 0 radical (unpaired) electrons. The van der Waals surface area contributed by atoms with Gasteiger partial charge in [-0.3, -0.25) is 4.79 Å². The van der Waals surface area contributed by atoms with Gasteiger partial charge in [-0.15, -0.1) is 0 Å². The van der Waals surface area contributed by atoms with Crippen LogP contribution in [0.1, 0.15) is 38.7 Å². The van der Waals surface area contributed by atoms with Crippen LogP contribution in [0.5, 0.6) is 17.5 Å². The number of rotatable bonds is 8. The van der Waals surface area contributed by atoms with Crippen LogP contribution in [0, 0.1) is 18.7 Å². The maximum Gasteiger partial charge on any atom is 0.229 e. The molecule has 0 spiro atoms. The molecule has 1 saturated heterocycles. The first kappa shape index (κ1) is 25.5. The number of aromatic nitrogens is 2. The number of hydrogen-bond donors (Lipinski definition) is 0. The van der Waals surface area contributed by atoms with Crippen molar-refractivity contribution in [1.82, 2.24) is 14.9 Å². The zero-order valence-corrected chi connectivity index (χ0v) is 20.4. The molecule has 2 heterocycles. The van der Waals surface area contributed by atoms with Crippen LogP contribution in [-0.2, 0) is 19.4 Å². The van der Waals surface area contributed by atoms with Crippen molar-refractivity contribution >= 4 is 21.5 Å². The molecule has 0 aliphatic carbocycles. The number of Topliss-reactive ketones (excluding diaryl/α,β-unsaturated/α-hetero) is 1. The minimum Gasteiger partial charge on any atom is -0.474 e. The van der Waals surface area contributed by atoms with Gasteiger partial charge in [0.2, 0.25) is 17.7 Å². The summed E-state index contributed by atoms with van der Waals surface area (Å²) in [5, 5.41) is 0. The summed E-state index contributed by atoms with van der Waals surface area (Å²) >= 11 is 0. The summed E-state index contributed by atoms with van der Waals surface area (Å²) in [5.74, 6) is -1.03. The number of piperidine rings is 1. The first-order valence-corrected chi connectivity index (χ1v) is 12.8. The Labute approximate surface area is 198 Å². The van der Waals surface area contributed by atoms with Gasteiger partial charge in [0.1, 0.15) is 18.2 Å². The van der Waals surface area contributed by atoms with Gasteiger partial charge in [-0.1, -0.05) is 6.92 Å². The van der Waals surface area contributed by atoms with Crippen LogP contribution >= 0.6 is 0 Å². The largest absolute Gasteiger partial charge is 0.474 e. The third kappa shape index (κ3) is 6.28. The molecular formula is C23H28FN3O6S. The third-order valence-electron chi connectivity index (χ3n) is 5.58. The average molecular weight is 494 g/mol. The number of hydrogen-bond acceptors (Lipinski definition) is 8. The highest BCUT2D eigenvalue weighted by molar-refractivity contribution is 7.90. The molecule has 1 aromatic heterocycles. The summed E-state index contributed by atoms with van der Waals surface area (Å²) in [4.78, 5) is 33.6. The molecule has 2 aromatic rings. The number of ketones is 1. The van der Waals surface area contributed by atoms with E-state index in [0.717, 1.165) is 12.3 Å². The molecule has 3 rings (SSSR count). The van der Waals surface area contributed by atoms with Gasteiger partial charge in [0.05, 0.1) is 10.5 Å². The lowest BCUT2D eigenvalue weighted by Crippen LogP contribution is -2.44. The lowest BCUT2D eigenvalue weighted by Gasteiger charge is -2.33. The van der Waals surface area contributed by atoms with E-state index in [9.17, 15) is 22.4 Å². The molecule has 34 heavy (non-hydrogen) atoms. The summed E-state index contributed by atoms with van der Waals surface area (Å²) in [6, 6.07) is 3.38. The number of benzene rings is 1. The van der Waals surface area contributed by atoms with Crippen LogP contribution < -0.4 is 9.47 Å². The van der Waals surface area contributed by atoms with Gasteiger partial charge < -0.3 is 19.2 Å². The highest BCUT2D eigenvalue weighted by Gasteiger charge is 2.28. The molecule has 1 amide bonds. The van der Waals surface area contributed by atoms with Gasteiger partial charge in [0, 0.05) is 44.5 Å². The molecule has 11 heteroatoms. The van der Waals surface area contributed by atoms with Crippen LogP contribution in [-0.4, -0.2) is 60.4 Å². The summed E-state index contributed by atoms with van der Waals surface area (Å²) in [6.07, 6.45) is 3.48. The molecule has 0 bridgehead atoms. The Bertz CT molecular complexity index is 1180. The maximum absolute atomic E-state index is 14.4. The summed E-state index contributed by atoms with van der Waals surface area (Å²) in [7, 11) is -3.55. The second kappa shape index (κ2) is 10.5. The number of carbonyl (C=O) groups excluding carboxylic acids is 2. The van der Waals surface area contributed by atoms with E-state index >= 15 is 0 Å². The normalized spacial score (nSPS) is 15.6. The first-order chi connectivity index (χ1) is 16.0. The Morgan fingerprint density at radius 3 is 2.44 bits per heavy atom. The minimum atomic E-state index is -3.55. The van der Waals surface area contributed by atoms with Gasteiger partial charge in [-0.2, -0.15) is 0 Å². The highest BCUT2D eigenvalue weighted by atomic mass is 32.2. The van der Waals surface area contributed by atoms with E-state index in [-0.39, 0.29) is 52.5 Å². The fraction of sp³-hybridized carbons (Fsp3) is 0.478. The van der Waals surface area contributed by atoms with Crippen molar-refractivity contribution in [2.75, 3.05) is 19.3 Å². The van der Waals surface area contributed by atoms with E-state index in [4.69, 9.17) is 9.47 Å². The molecule has 184 valence electrons. The fourth-order valence-electron chi connectivity index (χ4n) is 3.72. The molecule has 9 nitrogen and oxygen atoms in total. The average Bonchev–Trinajstić information content (AvgIpc) is 2.76. The van der Waals surface area contributed by atoms with Gasteiger partial charge in [0.25, 0.3) is 0 Å². The molecule has 0 N–H and O–H groups in total. The molecular weight excluding hydrogens is 465 g/mol. The predicted octanol–water partition coefficient (Wildman–Crippen LogP) is 3.10. The summed E-state index contributed by atoms with van der Waals surface area (Å²) < 4.78 is 49.2. The van der Waals surface area contributed by atoms with Crippen LogP contribution in [0.3, 0.4) is 0 Å². The molecule has 0 unspecified atom stereocenters. The van der Waals surface area contributed by atoms with E-state index in [1.807, 2.05) is 0 Å². The molecule has 1 atom stereocenters. The standard InChI is InChI=1S/C23H28FN3O6S/c1-14(11-15(2)28)23(29)27-9-7-17(8-10-27)32-21-16(3)22(26-13-25-21)33-20-6-5-18(12-19(20)24)34(4,30)31/h5-6,12-14,17H,7-11H2,1-4H3/t14-/m1/s1. The number of likely N-dealkylation sites (tertiary alicyclic amines) is 1. The van der Waals surface area contributed by atoms with Crippen LogP contribution in [0.25, 0.3) is 0 Å². The van der Waals surface area contributed by atoms with Crippen LogP contribution in [0.4, 0.5) is 4.39 Å². The Hall–Kier alpha value is -3.08. The Morgan fingerprint density at radius 1 is 1.21 bits per heavy atom. The van der Waals surface area contributed by atoms with Crippen molar-refractivity contribution in [3.63, 3.8) is 0 Å². The molecule has 1 aromatic carbocycles. The molecule has 0 saturated carbocycles. The van der Waals surface area contributed by atoms with Crippen LogP contribution in [0.2, 0.25) is 0 Å². The van der Waals surface area contributed by atoms with Gasteiger partial charge in [-0.05, 0) is 32.0 Å². The topological polar surface area (TPSA) is 116 Å². The van der Waals surface area contributed by atoms with E-state index in [0.29, 0.717) is 31.5 Å². The second-order valence-electron chi connectivity index (χ2n) is 8.53.